The summed E-state index contributed by atoms with van der Waals surface area (Å²) in [6, 6.07) is 7.38. The summed E-state index contributed by atoms with van der Waals surface area (Å²) in [6.07, 6.45) is 3.44. The maximum Gasteiger partial charge on any atom is 0.276 e. The molecule has 0 spiro atoms. The van der Waals surface area contributed by atoms with Crippen LogP contribution in [0.5, 0.6) is 11.5 Å². The average Bonchev–Trinajstić information content (AvgIpc) is 3.10. The van der Waals surface area contributed by atoms with E-state index in [0.717, 1.165) is 10.0 Å². The maximum absolute atomic E-state index is 12.8. The molecule has 4 rings (SSSR count). The van der Waals surface area contributed by atoms with E-state index in [0.29, 0.717) is 32.2 Å². The van der Waals surface area contributed by atoms with Gasteiger partial charge in [-0.15, -0.1) is 0 Å². The van der Waals surface area contributed by atoms with Crippen LogP contribution in [0.3, 0.4) is 0 Å². The number of aromatic nitrogens is 3. The van der Waals surface area contributed by atoms with E-state index in [1.54, 1.807) is 26.5 Å². The molecule has 8 heteroatoms. The number of thiazole rings is 1. The Morgan fingerprint density at radius 2 is 2.12 bits per heavy atom. The fourth-order valence-electron chi connectivity index (χ4n) is 2.68. The van der Waals surface area contributed by atoms with Crippen LogP contribution in [0.1, 0.15) is 5.56 Å². The second kappa shape index (κ2) is 6.12. The van der Waals surface area contributed by atoms with Crippen molar-refractivity contribution in [3.63, 3.8) is 0 Å². The van der Waals surface area contributed by atoms with E-state index in [1.165, 1.54) is 15.7 Å². The van der Waals surface area contributed by atoms with Gasteiger partial charge in [0.05, 0.1) is 18.8 Å². The van der Waals surface area contributed by atoms with Crippen LogP contribution in [-0.2, 0) is 0 Å². The number of hydrogen-bond acceptors (Lipinski definition) is 6. The highest BCUT2D eigenvalue weighted by Gasteiger charge is 2.14. The Morgan fingerprint density at radius 3 is 2.88 bits per heavy atom. The maximum atomic E-state index is 12.8. The fourth-order valence-corrected chi connectivity index (χ4v) is 3.97. The van der Waals surface area contributed by atoms with Gasteiger partial charge in [-0.05, 0) is 34.1 Å². The molecule has 0 saturated carbocycles. The highest BCUT2D eigenvalue weighted by Crippen LogP contribution is 2.31. The molecule has 0 atom stereocenters. The van der Waals surface area contributed by atoms with E-state index in [9.17, 15) is 4.79 Å². The molecule has 0 saturated heterocycles. The highest BCUT2D eigenvalue weighted by molar-refractivity contribution is 9.10. The van der Waals surface area contributed by atoms with Crippen molar-refractivity contribution in [1.82, 2.24) is 14.4 Å². The molecule has 1 aromatic carbocycles. The number of hydrogen-bond donors (Lipinski definition) is 0. The van der Waals surface area contributed by atoms with Crippen molar-refractivity contribution in [2.24, 2.45) is 0 Å². The van der Waals surface area contributed by atoms with E-state index in [1.807, 2.05) is 24.3 Å². The third-order valence-corrected chi connectivity index (χ3v) is 5.17. The minimum Gasteiger partial charge on any atom is -0.493 e. The Morgan fingerprint density at radius 1 is 1.28 bits per heavy atom. The first-order chi connectivity index (χ1) is 12.1. The van der Waals surface area contributed by atoms with Crippen molar-refractivity contribution in [3.05, 3.63) is 55.4 Å². The van der Waals surface area contributed by atoms with Crippen molar-refractivity contribution < 1.29 is 9.47 Å². The highest BCUT2D eigenvalue weighted by atomic mass is 79.9. The quantitative estimate of drug-likeness (QED) is 0.512. The topological polar surface area (TPSA) is 65.7 Å². The molecule has 3 aromatic heterocycles. The molecule has 4 aromatic rings. The van der Waals surface area contributed by atoms with Gasteiger partial charge in [0.2, 0.25) is 0 Å². The van der Waals surface area contributed by atoms with Crippen molar-refractivity contribution in [3.8, 4) is 11.5 Å². The van der Waals surface area contributed by atoms with Gasteiger partial charge in [-0.3, -0.25) is 4.79 Å². The Labute approximate surface area is 154 Å². The minimum atomic E-state index is -0.151. The van der Waals surface area contributed by atoms with Gasteiger partial charge in [-0.2, -0.15) is 0 Å². The van der Waals surface area contributed by atoms with Gasteiger partial charge in [0.15, 0.2) is 22.1 Å². The van der Waals surface area contributed by atoms with E-state index in [4.69, 9.17) is 9.47 Å². The summed E-state index contributed by atoms with van der Waals surface area (Å²) >= 11 is 4.68. The van der Waals surface area contributed by atoms with Gasteiger partial charge in [0.1, 0.15) is 5.52 Å². The van der Waals surface area contributed by atoms with Crippen LogP contribution in [0, 0.1) is 0 Å². The lowest BCUT2D eigenvalue weighted by molar-refractivity contribution is 0.354. The lowest BCUT2D eigenvalue weighted by Crippen LogP contribution is -2.23. The number of benzene rings is 1. The van der Waals surface area contributed by atoms with Crippen molar-refractivity contribution in [2.75, 3.05) is 14.2 Å². The predicted octanol–water partition coefficient (Wildman–Crippen LogP) is 2.63. The standard InChI is InChI=1S/C17H12BrN3O3S/c1-23-12-5-3-4-9(14(12)24-2)6-13-16(22)21-15-11(20-17(21)25-13)7-10(18)8-19-15/h3-8H,1-2H3. The summed E-state index contributed by atoms with van der Waals surface area (Å²) < 4.78 is 13.6. The molecule has 3 heterocycles. The normalized spacial score (nSPS) is 12.2. The van der Waals surface area contributed by atoms with Gasteiger partial charge in [0, 0.05) is 16.2 Å². The molecule has 0 bridgehead atoms. The monoisotopic (exact) mass is 417 g/mol. The lowest BCUT2D eigenvalue weighted by atomic mass is 10.2. The average molecular weight is 418 g/mol. The summed E-state index contributed by atoms with van der Waals surface area (Å²) in [5.41, 5.74) is 1.85. The molecule has 0 N–H and O–H groups in total. The number of pyridine rings is 1. The first kappa shape index (κ1) is 16.0. The largest absolute Gasteiger partial charge is 0.493 e. The van der Waals surface area contributed by atoms with E-state index < -0.39 is 0 Å². The first-order valence-corrected chi connectivity index (χ1v) is 8.92. The molecule has 0 amide bonds. The van der Waals surface area contributed by atoms with E-state index in [-0.39, 0.29) is 5.56 Å². The Hall–Kier alpha value is -2.45. The summed E-state index contributed by atoms with van der Waals surface area (Å²) in [5.74, 6) is 1.20. The lowest BCUT2D eigenvalue weighted by Gasteiger charge is -2.09. The number of fused-ring (bicyclic) bond motifs is 3. The van der Waals surface area contributed by atoms with Crippen LogP contribution in [-0.4, -0.2) is 28.6 Å². The van der Waals surface area contributed by atoms with E-state index in [2.05, 4.69) is 25.9 Å². The molecule has 0 aliphatic heterocycles. The second-order valence-electron chi connectivity index (χ2n) is 5.22. The fraction of sp³-hybridized carbons (Fsp3) is 0.118. The number of imidazole rings is 1. The number of ether oxygens (including phenoxy) is 2. The molecule has 25 heavy (non-hydrogen) atoms. The zero-order valence-electron chi connectivity index (χ0n) is 13.3. The van der Waals surface area contributed by atoms with Gasteiger partial charge in [0.25, 0.3) is 5.56 Å². The van der Waals surface area contributed by atoms with Crippen molar-refractivity contribution in [2.45, 2.75) is 0 Å². The molecule has 0 fully saturated rings. The van der Waals surface area contributed by atoms with Crippen LogP contribution >= 0.6 is 27.3 Å². The van der Waals surface area contributed by atoms with Crippen LogP contribution in [0.25, 0.3) is 22.2 Å². The van der Waals surface area contributed by atoms with E-state index >= 15 is 0 Å². The summed E-state index contributed by atoms with van der Waals surface area (Å²) in [5, 5.41) is 0. The zero-order valence-corrected chi connectivity index (χ0v) is 15.7. The predicted molar refractivity (Wildman–Crippen MR) is 101 cm³/mol. The number of para-hydroxylation sites is 1. The number of nitrogens with zero attached hydrogens (tertiary/aromatic N) is 3. The molecule has 6 nitrogen and oxygen atoms in total. The van der Waals surface area contributed by atoms with Gasteiger partial charge >= 0.3 is 0 Å². The second-order valence-corrected chi connectivity index (χ2v) is 7.15. The molecular weight excluding hydrogens is 406 g/mol. The minimum absolute atomic E-state index is 0.151. The third kappa shape index (κ3) is 2.58. The zero-order chi connectivity index (χ0) is 17.6. The molecular formula is C17H12BrN3O3S. The van der Waals surface area contributed by atoms with Crippen LogP contribution in [0.4, 0.5) is 0 Å². The van der Waals surface area contributed by atoms with Crippen molar-refractivity contribution in [1.29, 1.82) is 0 Å². The first-order valence-electron chi connectivity index (χ1n) is 7.31. The van der Waals surface area contributed by atoms with Gasteiger partial charge in [-0.25, -0.2) is 14.4 Å². The van der Waals surface area contributed by atoms with Crippen LogP contribution in [0.2, 0.25) is 0 Å². The Bertz CT molecular complexity index is 1220. The molecule has 0 aliphatic rings. The summed E-state index contributed by atoms with van der Waals surface area (Å²) in [7, 11) is 3.15. The SMILES string of the molecule is COc1cccc(C=c2sc3nc4cc(Br)cnc4n3c2=O)c1OC. The van der Waals surface area contributed by atoms with Gasteiger partial charge < -0.3 is 9.47 Å². The van der Waals surface area contributed by atoms with Crippen molar-refractivity contribution >= 4 is 49.5 Å². The van der Waals surface area contributed by atoms with Crippen LogP contribution in [0.15, 0.2) is 39.7 Å². The Kier molecular flexibility index (Phi) is 3.93. The van der Waals surface area contributed by atoms with Gasteiger partial charge in [-0.1, -0.05) is 23.5 Å². The molecule has 126 valence electrons. The number of methoxy groups -OCH3 is 2. The molecule has 0 unspecified atom stereocenters. The third-order valence-electron chi connectivity index (χ3n) is 3.77. The Balaban J connectivity index is 1.98. The summed E-state index contributed by atoms with van der Waals surface area (Å²) in [6.45, 7) is 0. The molecule has 0 radical (unpaired) electrons. The van der Waals surface area contributed by atoms with Crippen LogP contribution < -0.4 is 19.6 Å². The number of rotatable bonds is 3. The smallest absolute Gasteiger partial charge is 0.276 e. The molecule has 0 aliphatic carbocycles. The summed E-state index contributed by atoms with van der Waals surface area (Å²) in [4.78, 5) is 22.2. The number of halogens is 1.